The summed E-state index contributed by atoms with van der Waals surface area (Å²) < 4.78 is 17.0. The Bertz CT molecular complexity index is 1300. The highest BCUT2D eigenvalue weighted by molar-refractivity contribution is 6.06. The molecule has 0 aliphatic heterocycles. The predicted octanol–water partition coefficient (Wildman–Crippen LogP) is 5.05. The molecule has 0 unspecified atom stereocenters. The molecule has 0 saturated heterocycles. The standard InChI is InChI=1S/C25H28N4O3/c1-14(2)21-17-7-5-6-16(17)20-22-23(32-25(20)29-21)24(28-13-27-22)26-11-10-15-8-9-18(30-3)19(12-15)31-4/h8-9,12-14H,5-7,10-11H2,1-4H3,(H,26,27,28). The lowest BCUT2D eigenvalue weighted by atomic mass is 9.99. The summed E-state index contributed by atoms with van der Waals surface area (Å²) in [5.41, 5.74) is 7.24. The molecule has 0 atom stereocenters. The maximum absolute atomic E-state index is 6.23. The summed E-state index contributed by atoms with van der Waals surface area (Å²) in [6.07, 6.45) is 5.70. The molecule has 4 aromatic rings. The van der Waals surface area contributed by atoms with Gasteiger partial charge in [0.05, 0.1) is 25.3 Å². The van der Waals surface area contributed by atoms with Gasteiger partial charge in [0.25, 0.3) is 0 Å². The van der Waals surface area contributed by atoms with Crippen molar-refractivity contribution < 1.29 is 13.9 Å². The number of nitrogens with zero attached hydrogens (tertiary/aromatic N) is 3. The number of pyridine rings is 1. The number of nitrogens with one attached hydrogen (secondary N) is 1. The number of rotatable bonds is 7. The minimum absolute atomic E-state index is 0.365. The van der Waals surface area contributed by atoms with Crippen molar-refractivity contribution in [3.8, 4) is 11.5 Å². The van der Waals surface area contributed by atoms with E-state index in [4.69, 9.17) is 18.9 Å². The van der Waals surface area contributed by atoms with Crippen molar-refractivity contribution in [1.29, 1.82) is 0 Å². The van der Waals surface area contributed by atoms with Crippen LogP contribution in [0.5, 0.6) is 11.5 Å². The average Bonchev–Trinajstić information content (AvgIpc) is 3.43. The minimum atomic E-state index is 0.365. The zero-order valence-corrected chi connectivity index (χ0v) is 19.0. The van der Waals surface area contributed by atoms with Crippen LogP contribution in [0.3, 0.4) is 0 Å². The van der Waals surface area contributed by atoms with Crippen LogP contribution in [0.1, 0.15) is 48.6 Å². The first-order valence-corrected chi connectivity index (χ1v) is 11.1. The molecular weight excluding hydrogens is 404 g/mol. The van der Waals surface area contributed by atoms with Crippen LogP contribution < -0.4 is 14.8 Å². The van der Waals surface area contributed by atoms with E-state index < -0.39 is 0 Å². The number of anilines is 1. The van der Waals surface area contributed by atoms with E-state index >= 15 is 0 Å². The first-order valence-electron chi connectivity index (χ1n) is 11.1. The lowest BCUT2D eigenvalue weighted by Gasteiger charge is -2.11. The van der Waals surface area contributed by atoms with Gasteiger partial charge in [0.1, 0.15) is 11.8 Å². The number of methoxy groups -OCH3 is 2. The van der Waals surface area contributed by atoms with Crippen molar-refractivity contribution in [2.45, 2.75) is 45.4 Å². The Morgan fingerprint density at radius 3 is 2.66 bits per heavy atom. The van der Waals surface area contributed by atoms with Gasteiger partial charge in [-0.2, -0.15) is 0 Å². The maximum atomic E-state index is 6.23. The van der Waals surface area contributed by atoms with E-state index in [1.807, 2.05) is 18.2 Å². The predicted molar refractivity (Wildman–Crippen MR) is 125 cm³/mol. The third-order valence-electron chi connectivity index (χ3n) is 6.20. The minimum Gasteiger partial charge on any atom is -0.493 e. The number of aromatic nitrogens is 3. The zero-order chi connectivity index (χ0) is 22.2. The van der Waals surface area contributed by atoms with Crippen LogP contribution in [-0.4, -0.2) is 35.7 Å². The van der Waals surface area contributed by atoms with Crippen molar-refractivity contribution in [1.82, 2.24) is 15.0 Å². The molecule has 166 valence electrons. The van der Waals surface area contributed by atoms with Gasteiger partial charge in [0.15, 0.2) is 22.9 Å². The number of hydrogen-bond donors (Lipinski definition) is 1. The summed E-state index contributed by atoms with van der Waals surface area (Å²) in [7, 11) is 3.29. The largest absolute Gasteiger partial charge is 0.493 e. The van der Waals surface area contributed by atoms with Gasteiger partial charge in [0, 0.05) is 6.54 Å². The molecule has 3 heterocycles. The molecule has 0 amide bonds. The van der Waals surface area contributed by atoms with Gasteiger partial charge in [-0.1, -0.05) is 19.9 Å². The number of hydrogen-bond acceptors (Lipinski definition) is 7. The number of fused-ring (bicyclic) bond motifs is 5. The van der Waals surface area contributed by atoms with Crippen LogP contribution in [0.2, 0.25) is 0 Å². The Hall–Kier alpha value is -3.35. The molecule has 7 nitrogen and oxygen atoms in total. The van der Waals surface area contributed by atoms with Gasteiger partial charge in [-0.25, -0.2) is 15.0 Å². The molecular formula is C25H28N4O3. The number of ether oxygens (including phenoxy) is 2. The fraction of sp³-hybridized carbons (Fsp3) is 0.400. The fourth-order valence-electron chi connectivity index (χ4n) is 4.69. The lowest BCUT2D eigenvalue weighted by Crippen LogP contribution is -2.07. The van der Waals surface area contributed by atoms with Crippen LogP contribution in [-0.2, 0) is 19.3 Å². The summed E-state index contributed by atoms with van der Waals surface area (Å²) in [4.78, 5) is 13.9. The van der Waals surface area contributed by atoms with E-state index in [1.54, 1.807) is 20.5 Å². The Morgan fingerprint density at radius 2 is 1.88 bits per heavy atom. The van der Waals surface area contributed by atoms with Crippen LogP contribution in [0.15, 0.2) is 28.9 Å². The van der Waals surface area contributed by atoms with Gasteiger partial charge < -0.3 is 19.2 Å². The average molecular weight is 433 g/mol. The van der Waals surface area contributed by atoms with Crippen LogP contribution in [0, 0.1) is 0 Å². The van der Waals surface area contributed by atoms with Crippen molar-refractivity contribution >= 4 is 28.0 Å². The second kappa shape index (κ2) is 8.30. The van der Waals surface area contributed by atoms with Crippen molar-refractivity contribution in [2.75, 3.05) is 26.1 Å². The third-order valence-corrected chi connectivity index (χ3v) is 6.20. The van der Waals surface area contributed by atoms with Gasteiger partial charge in [-0.05, 0) is 60.4 Å². The summed E-state index contributed by atoms with van der Waals surface area (Å²) in [6, 6.07) is 5.97. The molecule has 0 spiro atoms. The maximum Gasteiger partial charge on any atom is 0.229 e. The second-order valence-corrected chi connectivity index (χ2v) is 8.51. The molecule has 3 aromatic heterocycles. The third kappa shape index (κ3) is 3.42. The van der Waals surface area contributed by atoms with E-state index in [1.165, 1.54) is 11.1 Å². The van der Waals surface area contributed by atoms with Crippen molar-refractivity contribution in [3.63, 3.8) is 0 Å². The summed E-state index contributed by atoms with van der Waals surface area (Å²) in [5.74, 6) is 2.52. The Balaban J connectivity index is 1.45. The Labute approximate surface area is 187 Å². The molecule has 0 radical (unpaired) electrons. The molecule has 1 aromatic carbocycles. The van der Waals surface area contributed by atoms with Crippen molar-refractivity contribution in [3.05, 3.63) is 46.9 Å². The molecule has 7 heteroatoms. The molecule has 1 N–H and O–H groups in total. The van der Waals surface area contributed by atoms with E-state index in [-0.39, 0.29) is 0 Å². The molecule has 32 heavy (non-hydrogen) atoms. The van der Waals surface area contributed by atoms with Gasteiger partial charge in [-0.15, -0.1) is 0 Å². The van der Waals surface area contributed by atoms with Crippen LogP contribution in [0.4, 0.5) is 5.82 Å². The van der Waals surface area contributed by atoms with E-state index in [2.05, 4.69) is 29.1 Å². The smallest absolute Gasteiger partial charge is 0.229 e. The molecule has 0 fully saturated rings. The molecule has 5 rings (SSSR count). The highest BCUT2D eigenvalue weighted by Crippen LogP contribution is 2.39. The normalized spacial score (nSPS) is 13.2. The first-order chi connectivity index (χ1) is 15.6. The topological polar surface area (TPSA) is 82.3 Å². The zero-order valence-electron chi connectivity index (χ0n) is 19.0. The van der Waals surface area contributed by atoms with Gasteiger partial charge in [-0.3, -0.25) is 0 Å². The Kier molecular flexibility index (Phi) is 5.33. The van der Waals surface area contributed by atoms with Crippen LogP contribution >= 0.6 is 0 Å². The molecule has 0 bridgehead atoms. The summed E-state index contributed by atoms with van der Waals surface area (Å²) in [5, 5.41) is 4.48. The number of furan rings is 1. The van der Waals surface area contributed by atoms with E-state index in [0.29, 0.717) is 29.6 Å². The van der Waals surface area contributed by atoms with Gasteiger partial charge in [0.2, 0.25) is 5.71 Å². The number of benzene rings is 1. The highest BCUT2D eigenvalue weighted by atomic mass is 16.5. The molecule has 1 aliphatic carbocycles. The van der Waals surface area contributed by atoms with Gasteiger partial charge >= 0.3 is 0 Å². The monoisotopic (exact) mass is 432 g/mol. The second-order valence-electron chi connectivity index (χ2n) is 8.51. The van der Waals surface area contributed by atoms with Crippen LogP contribution in [0.25, 0.3) is 22.2 Å². The summed E-state index contributed by atoms with van der Waals surface area (Å²) >= 11 is 0. The van der Waals surface area contributed by atoms with E-state index in [0.717, 1.165) is 59.3 Å². The SMILES string of the molecule is COc1ccc(CCNc2ncnc3c2oc2nc(C(C)C)c4c(c23)CCC4)cc1OC. The quantitative estimate of drug-likeness (QED) is 0.437. The number of aryl methyl sites for hydroxylation is 1. The molecule has 1 aliphatic rings. The Morgan fingerprint density at radius 1 is 1.06 bits per heavy atom. The van der Waals surface area contributed by atoms with Crippen molar-refractivity contribution in [2.24, 2.45) is 0 Å². The lowest BCUT2D eigenvalue weighted by molar-refractivity contribution is 0.354. The highest BCUT2D eigenvalue weighted by Gasteiger charge is 2.26. The van der Waals surface area contributed by atoms with E-state index in [9.17, 15) is 0 Å². The summed E-state index contributed by atoms with van der Waals surface area (Å²) in [6.45, 7) is 5.08. The fourth-order valence-corrected chi connectivity index (χ4v) is 4.69. The molecule has 0 saturated carbocycles. The first kappa shape index (κ1) is 20.5.